The third-order valence-corrected chi connectivity index (χ3v) is 10.1. The van der Waals surface area contributed by atoms with Crippen molar-refractivity contribution >= 4 is 17.4 Å². The molecule has 2 aromatic heterocycles. The van der Waals surface area contributed by atoms with Crippen LogP contribution in [0.1, 0.15) is 72.1 Å². The molecule has 0 spiro atoms. The number of nitrogens with one attached hydrogen (secondary N) is 2. The average Bonchev–Trinajstić information content (AvgIpc) is 3.10. The highest BCUT2D eigenvalue weighted by molar-refractivity contribution is 5.99. The number of aromatic nitrogens is 2. The number of H-pyrrole nitrogens is 1. The van der Waals surface area contributed by atoms with Crippen LogP contribution in [0.5, 0.6) is 5.88 Å². The molecule has 1 aliphatic carbocycles. The van der Waals surface area contributed by atoms with E-state index in [4.69, 9.17) is 14.5 Å². The number of hydrogen-bond acceptors (Lipinski definition) is 8. The third kappa shape index (κ3) is 7.18. The van der Waals surface area contributed by atoms with E-state index in [1.807, 2.05) is 26.1 Å². The van der Waals surface area contributed by atoms with Crippen molar-refractivity contribution in [3.63, 3.8) is 0 Å². The van der Waals surface area contributed by atoms with Crippen molar-refractivity contribution in [1.82, 2.24) is 20.2 Å². The van der Waals surface area contributed by atoms with E-state index in [1.165, 1.54) is 0 Å². The molecular formula is C37H50N6O4. The second kappa shape index (κ2) is 14.9. The summed E-state index contributed by atoms with van der Waals surface area (Å²) in [7, 11) is 2.15. The van der Waals surface area contributed by atoms with Crippen molar-refractivity contribution in [2.45, 2.75) is 71.9 Å². The van der Waals surface area contributed by atoms with Gasteiger partial charge in [0.2, 0.25) is 0 Å². The molecule has 0 unspecified atom stereocenters. The van der Waals surface area contributed by atoms with Crippen LogP contribution in [0, 0.1) is 6.92 Å². The quantitative estimate of drug-likeness (QED) is 0.328. The summed E-state index contributed by atoms with van der Waals surface area (Å²) in [6.45, 7) is 13.1. The van der Waals surface area contributed by atoms with Crippen LogP contribution in [0.2, 0.25) is 0 Å². The van der Waals surface area contributed by atoms with Gasteiger partial charge in [-0.05, 0) is 107 Å². The number of carbonyl (C=O) groups is 1. The van der Waals surface area contributed by atoms with Gasteiger partial charge < -0.3 is 29.5 Å². The molecule has 252 valence electrons. The maximum atomic E-state index is 14.1. The van der Waals surface area contributed by atoms with Gasteiger partial charge in [-0.1, -0.05) is 0 Å². The van der Waals surface area contributed by atoms with Crippen LogP contribution < -0.4 is 25.4 Å². The Bertz CT molecular complexity index is 1610. The molecule has 4 heterocycles. The Morgan fingerprint density at radius 3 is 2.49 bits per heavy atom. The highest BCUT2D eigenvalue weighted by Gasteiger charge is 2.26. The summed E-state index contributed by atoms with van der Waals surface area (Å²) in [5.41, 5.74) is 7.07. The first-order valence-electron chi connectivity index (χ1n) is 17.4. The molecule has 0 bridgehead atoms. The van der Waals surface area contributed by atoms with Gasteiger partial charge >= 0.3 is 0 Å². The average molecular weight is 643 g/mol. The van der Waals surface area contributed by atoms with Crippen LogP contribution in [0.3, 0.4) is 0 Å². The lowest BCUT2D eigenvalue weighted by Crippen LogP contribution is -2.44. The van der Waals surface area contributed by atoms with Gasteiger partial charge in [0.15, 0.2) is 5.88 Å². The number of likely N-dealkylation sites (N-methyl/N-ethyl adjacent to an activating group) is 1. The number of piperazine rings is 1. The highest BCUT2D eigenvalue weighted by Crippen LogP contribution is 2.34. The van der Waals surface area contributed by atoms with Crippen molar-refractivity contribution in [1.29, 1.82) is 0 Å². The number of rotatable bonds is 10. The first-order chi connectivity index (χ1) is 22.9. The Labute approximate surface area is 278 Å². The molecule has 2 N–H and O–H groups in total. The molecule has 47 heavy (non-hydrogen) atoms. The molecule has 2 aliphatic heterocycles. The molecular weight excluding hydrogens is 592 g/mol. The topological polar surface area (TPSA) is 103 Å². The van der Waals surface area contributed by atoms with Gasteiger partial charge in [-0.2, -0.15) is 0 Å². The van der Waals surface area contributed by atoms with Gasteiger partial charge in [0.05, 0.1) is 6.61 Å². The molecule has 3 aliphatic rings. The monoisotopic (exact) mass is 642 g/mol. The fourth-order valence-electron chi connectivity index (χ4n) is 7.40. The zero-order valence-electron chi connectivity index (χ0n) is 28.5. The Morgan fingerprint density at radius 1 is 1.06 bits per heavy atom. The summed E-state index contributed by atoms with van der Waals surface area (Å²) >= 11 is 0. The zero-order chi connectivity index (χ0) is 32.9. The Kier molecular flexibility index (Phi) is 10.5. The number of nitrogens with zero attached hydrogens (tertiary/aromatic N) is 4. The van der Waals surface area contributed by atoms with Crippen molar-refractivity contribution < 1.29 is 14.3 Å². The minimum Gasteiger partial charge on any atom is -0.479 e. The Balaban J connectivity index is 1.32. The number of benzene rings is 1. The molecule has 0 saturated carbocycles. The van der Waals surface area contributed by atoms with Gasteiger partial charge in [-0.15, -0.1) is 0 Å². The fraction of sp³-hybridized carbons (Fsp3) is 0.541. The smallest absolute Gasteiger partial charge is 0.255 e. The maximum absolute atomic E-state index is 14.1. The van der Waals surface area contributed by atoms with Crippen LogP contribution in [0.15, 0.2) is 35.3 Å². The predicted molar refractivity (Wildman–Crippen MR) is 187 cm³/mol. The van der Waals surface area contributed by atoms with E-state index in [2.05, 4.69) is 57.2 Å². The summed E-state index contributed by atoms with van der Waals surface area (Å²) in [4.78, 5) is 42.2. The first kappa shape index (κ1) is 33.0. The summed E-state index contributed by atoms with van der Waals surface area (Å²) in [5, 5.41) is 3.13. The number of ether oxygens (including phenoxy) is 2. The van der Waals surface area contributed by atoms with Crippen LogP contribution in [-0.2, 0) is 24.1 Å². The molecule has 10 nitrogen and oxygen atoms in total. The summed E-state index contributed by atoms with van der Waals surface area (Å²) < 4.78 is 11.5. The van der Waals surface area contributed by atoms with Crippen LogP contribution in [0.4, 0.5) is 11.5 Å². The molecule has 2 fully saturated rings. The normalized spacial score (nSPS) is 17.3. The molecule has 1 amide bonds. The molecule has 1 aromatic carbocycles. The van der Waals surface area contributed by atoms with Crippen molar-refractivity contribution in [2.75, 3.05) is 69.4 Å². The van der Waals surface area contributed by atoms with E-state index in [9.17, 15) is 9.59 Å². The standard InChI is InChI=1S/C37H50N6O4/c1-5-43(28-13-19-46-20-14-28)33-22-27(26-11-12-34(38-23-26)42-17-15-41(4)16-18-42)21-31(25(33)3)35(44)39-24-32-29-9-7-8-10-30(29)37(47-6-2)40-36(32)45/h11-12,21-23,28H,5-10,13-20,24H2,1-4H3,(H,39,44)(H,40,45). The van der Waals surface area contributed by atoms with Crippen molar-refractivity contribution in [3.8, 4) is 17.0 Å². The number of hydrogen-bond donors (Lipinski definition) is 2. The van der Waals surface area contributed by atoms with E-state index in [1.54, 1.807) is 0 Å². The number of pyridine rings is 2. The number of fused-ring (bicyclic) bond motifs is 1. The molecule has 0 radical (unpaired) electrons. The molecule has 2 saturated heterocycles. The molecule has 10 heteroatoms. The van der Waals surface area contributed by atoms with Crippen LogP contribution in [0.25, 0.3) is 11.1 Å². The van der Waals surface area contributed by atoms with Gasteiger partial charge in [-0.3, -0.25) is 14.6 Å². The summed E-state index contributed by atoms with van der Waals surface area (Å²) in [6.07, 6.45) is 7.60. The van der Waals surface area contributed by atoms with E-state index in [-0.39, 0.29) is 18.0 Å². The van der Waals surface area contributed by atoms with Crippen LogP contribution in [-0.4, -0.2) is 86.4 Å². The lowest BCUT2D eigenvalue weighted by molar-refractivity contribution is 0.0846. The minimum absolute atomic E-state index is 0.167. The SMILES string of the molecule is CCOc1[nH]c(=O)c(CNC(=O)c2cc(-c3ccc(N4CCN(C)CC4)nc3)cc(N(CC)C3CCOCC3)c2C)c2c1CCCC2. The van der Waals surface area contributed by atoms with Crippen molar-refractivity contribution in [2.24, 2.45) is 0 Å². The van der Waals surface area contributed by atoms with Crippen molar-refractivity contribution in [3.05, 3.63) is 68.6 Å². The predicted octanol–water partition coefficient (Wildman–Crippen LogP) is 4.71. The van der Waals surface area contributed by atoms with Crippen LogP contribution >= 0.6 is 0 Å². The summed E-state index contributed by atoms with van der Waals surface area (Å²) in [6, 6.07) is 8.75. The minimum atomic E-state index is -0.191. The maximum Gasteiger partial charge on any atom is 0.255 e. The Hall–Kier alpha value is -3.89. The van der Waals surface area contributed by atoms with E-state index >= 15 is 0 Å². The lowest BCUT2D eigenvalue weighted by atomic mass is 9.89. The zero-order valence-corrected chi connectivity index (χ0v) is 28.5. The van der Waals surface area contributed by atoms with Gasteiger partial charge in [0.1, 0.15) is 5.82 Å². The largest absolute Gasteiger partial charge is 0.479 e. The molecule has 0 atom stereocenters. The van der Waals surface area contributed by atoms with E-state index < -0.39 is 0 Å². The number of anilines is 2. The molecule has 3 aromatic rings. The second-order valence-corrected chi connectivity index (χ2v) is 13.0. The fourth-order valence-corrected chi connectivity index (χ4v) is 7.40. The first-order valence-corrected chi connectivity index (χ1v) is 17.4. The number of amides is 1. The Morgan fingerprint density at radius 2 is 1.81 bits per heavy atom. The number of aromatic amines is 1. The van der Waals surface area contributed by atoms with Gasteiger partial charge in [0.25, 0.3) is 11.5 Å². The highest BCUT2D eigenvalue weighted by atomic mass is 16.5. The summed E-state index contributed by atoms with van der Waals surface area (Å²) in [5.74, 6) is 1.37. The number of carbonyl (C=O) groups excluding carboxylic acids is 1. The lowest BCUT2D eigenvalue weighted by Gasteiger charge is -2.37. The third-order valence-electron chi connectivity index (χ3n) is 10.1. The van der Waals surface area contributed by atoms with E-state index in [0.29, 0.717) is 29.7 Å². The second-order valence-electron chi connectivity index (χ2n) is 13.0. The van der Waals surface area contributed by atoms with Gasteiger partial charge in [-0.25, -0.2) is 4.98 Å². The molecule has 6 rings (SSSR count). The van der Waals surface area contributed by atoms with E-state index in [0.717, 1.165) is 124 Å². The van der Waals surface area contributed by atoms with Gasteiger partial charge in [0, 0.05) is 92.7 Å².